The Morgan fingerprint density at radius 3 is 2.60 bits per heavy atom. The van der Waals surface area contributed by atoms with Gasteiger partial charge in [-0.2, -0.15) is 0 Å². The SMILES string of the molecule is CC(=O)N1c2ccc(C(=O)O)cc2C(Nc2ncc(Cl)cn2)CC1C. The van der Waals surface area contributed by atoms with E-state index in [2.05, 4.69) is 15.3 Å². The van der Waals surface area contributed by atoms with Crippen molar-refractivity contribution in [1.82, 2.24) is 9.97 Å². The molecule has 0 aliphatic carbocycles. The van der Waals surface area contributed by atoms with Crippen molar-refractivity contribution in [2.75, 3.05) is 10.2 Å². The summed E-state index contributed by atoms with van der Waals surface area (Å²) in [5.41, 5.74) is 1.59. The molecule has 2 unspecified atom stereocenters. The molecule has 0 spiro atoms. The Morgan fingerprint density at radius 2 is 2.00 bits per heavy atom. The Morgan fingerprint density at radius 1 is 1.32 bits per heavy atom. The fourth-order valence-electron chi connectivity index (χ4n) is 3.16. The van der Waals surface area contributed by atoms with Gasteiger partial charge >= 0.3 is 5.97 Å². The second kappa shape index (κ2) is 6.68. The first kappa shape index (κ1) is 17.2. The number of halogens is 1. The van der Waals surface area contributed by atoms with Crippen LogP contribution >= 0.6 is 11.6 Å². The molecule has 7 nitrogen and oxygen atoms in total. The van der Waals surface area contributed by atoms with E-state index in [4.69, 9.17) is 11.6 Å². The monoisotopic (exact) mass is 360 g/mol. The van der Waals surface area contributed by atoms with Gasteiger partial charge in [0.2, 0.25) is 11.9 Å². The number of carbonyl (C=O) groups is 2. The standard InChI is InChI=1S/C17H17ClN4O3/c1-9-5-14(21-17-19-7-12(18)8-20-17)13-6-11(16(24)25)3-4-15(13)22(9)10(2)23/h3-4,6-9,14H,5H2,1-2H3,(H,24,25)(H,19,20,21). The van der Waals surface area contributed by atoms with Crippen molar-refractivity contribution in [3.63, 3.8) is 0 Å². The van der Waals surface area contributed by atoms with Crippen LogP contribution in [0.4, 0.5) is 11.6 Å². The summed E-state index contributed by atoms with van der Waals surface area (Å²) in [6.45, 7) is 3.45. The minimum Gasteiger partial charge on any atom is -0.478 e. The second-order valence-electron chi connectivity index (χ2n) is 5.97. The summed E-state index contributed by atoms with van der Waals surface area (Å²) in [5.74, 6) is -0.708. The molecule has 2 heterocycles. The Balaban J connectivity index is 2.03. The van der Waals surface area contributed by atoms with Crippen LogP contribution in [0.3, 0.4) is 0 Å². The normalized spacial score (nSPS) is 19.2. The number of hydrogen-bond acceptors (Lipinski definition) is 5. The average Bonchev–Trinajstić information content (AvgIpc) is 2.56. The third kappa shape index (κ3) is 3.41. The number of benzene rings is 1. The van der Waals surface area contributed by atoms with E-state index < -0.39 is 5.97 Å². The summed E-state index contributed by atoms with van der Waals surface area (Å²) >= 11 is 5.81. The summed E-state index contributed by atoms with van der Waals surface area (Å²) in [6, 6.07) is 4.50. The number of rotatable bonds is 3. The third-order valence-corrected chi connectivity index (χ3v) is 4.39. The molecule has 2 aromatic rings. The zero-order valence-corrected chi connectivity index (χ0v) is 14.5. The van der Waals surface area contributed by atoms with E-state index in [1.165, 1.54) is 25.4 Å². The number of nitrogens with one attached hydrogen (secondary N) is 1. The van der Waals surface area contributed by atoms with Crippen LogP contribution in [0.5, 0.6) is 0 Å². The highest BCUT2D eigenvalue weighted by molar-refractivity contribution is 6.30. The number of carboxylic acids is 1. The van der Waals surface area contributed by atoms with Crippen LogP contribution in [0, 0.1) is 0 Å². The summed E-state index contributed by atoms with van der Waals surface area (Å²) < 4.78 is 0. The van der Waals surface area contributed by atoms with Gasteiger partial charge in [0.05, 0.1) is 29.0 Å². The van der Waals surface area contributed by atoms with Gasteiger partial charge in [0.1, 0.15) is 0 Å². The number of nitrogens with zero attached hydrogens (tertiary/aromatic N) is 3. The van der Waals surface area contributed by atoms with E-state index in [0.717, 1.165) is 5.56 Å². The zero-order chi connectivity index (χ0) is 18.1. The molecule has 8 heteroatoms. The molecule has 0 fully saturated rings. The quantitative estimate of drug-likeness (QED) is 0.873. The molecule has 25 heavy (non-hydrogen) atoms. The lowest BCUT2D eigenvalue weighted by atomic mass is 9.90. The van der Waals surface area contributed by atoms with E-state index in [1.807, 2.05) is 6.92 Å². The van der Waals surface area contributed by atoms with Crippen molar-refractivity contribution < 1.29 is 14.7 Å². The lowest BCUT2D eigenvalue weighted by Gasteiger charge is -2.39. The lowest BCUT2D eigenvalue weighted by molar-refractivity contribution is -0.117. The van der Waals surface area contributed by atoms with Crippen molar-refractivity contribution >= 4 is 35.1 Å². The van der Waals surface area contributed by atoms with Crippen molar-refractivity contribution in [3.8, 4) is 0 Å². The Labute approximate surface area is 149 Å². The molecule has 3 rings (SSSR count). The maximum absolute atomic E-state index is 12.0. The zero-order valence-electron chi connectivity index (χ0n) is 13.7. The molecular formula is C17H17ClN4O3. The molecule has 130 valence electrons. The van der Waals surface area contributed by atoms with Crippen LogP contribution in [0.15, 0.2) is 30.6 Å². The number of hydrogen-bond donors (Lipinski definition) is 2. The van der Waals surface area contributed by atoms with Gasteiger partial charge in [-0.05, 0) is 37.1 Å². The van der Waals surface area contributed by atoms with E-state index in [0.29, 0.717) is 23.1 Å². The Kier molecular flexibility index (Phi) is 4.59. The summed E-state index contributed by atoms with van der Waals surface area (Å²) in [5, 5.41) is 12.9. The largest absolute Gasteiger partial charge is 0.478 e. The number of aromatic carboxylic acids is 1. The molecule has 0 saturated heterocycles. The van der Waals surface area contributed by atoms with Crippen LogP contribution in [0.1, 0.15) is 42.2 Å². The first-order valence-corrected chi connectivity index (χ1v) is 8.15. The van der Waals surface area contributed by atoms with Gasteiger partial charge in [0, 0.05) is 18.7 Å². The number of carbonyl (C=O) groups excluding carboxylic acids is 1. The van der Waals surface area contributed by atoms with Gasteiger partial charge in [-0.3, -0.25) is 4.79 Å². The molecular weight excluding hydrogens is 344 g/mol. The molecule has 2 atom stereocenters. The van der Waals surface area contributed by atoms with E-state index in [9.17, 15) is 14.7 Å². The van der Waals surface area contributed by atoms with Crippen molar-refractivity contribution in [3.05, 3.63) is 46.7 Å². The fraction of sp³-hybridized carbons (Fsp3) is 0.294. The van der Waals surface area contributed by atoms with Gasteiger partial charge in [-0.25, -0.2) is 14.8 Å². The first-order valence-electron chi connectivity index (χ1n) is 7.78. The maximum atomic E-state index is 12.0. The average molecular weight is 361 g/mol. The van der Waals surface area contributed by atoms with Crippen LogP contribution in [0.25, 0.3) is 0 Å². The lowest BCUT2D eigenvalue weighted by Crippen LogP contribution is -2.43. The van der Waals surface area contributed by atoms with Crippen LogP contribution in [0.2, 0.25) is 5.02 Å². The molecule has 1 aliphatic rings. The smallest absolute Gasteiger partial charge is 0.335 e. The van der Waals surface area contributed by atoms with Gasteiger partial charge < -0.3 is 15.3 Å². The fourth-order valence-corrected chi connectivity index (χ4v) is 3.25. The topological polar surface area (TPSA) is 95.4 Å². The number of anilines is 2. The minimum atomic E-state index is -1.02. The molecule has 0 bridgehead atoms. The number of fused-ring (bicyclic) bond motifs is 1. The van der Waals surface area contributed by atoms with Crippen molar-refractivity contribution in [2.24, 2.45) is 0 Å². The predicted octanol–water partition coefficient (Wildman–Crippen LogP) is 3.13. The third-order valence-electron chi connectivity index (χ3n) is 4.19. The highest BCUT2D eigenvalue weighted by atomic mass is 35.5. The summed E-state index contributed by atoms with van der Waals surface area (Å²) in [6.07, 6.45) is 3.57. The van der Waals surface area contributed by atoms with Gasteiger partial charge in [-0.1, -0.05) is 11.6 Å². The molecule has 2 N–H and O–H groups in total. The number of carboxylic acid groups (broad SMARTS) is 1. The molecule has 1 aromatic carbocycles. The van der Waals surface area contributed by atoms with Crippen LogP contribution in [-0.4, -0.2) is 33.0 Å². The first-order chi connectivity index (χ1) is 11.9. The summed E-state index contributed by atoms with van der Waals surface area (Å²) in [7, 11) is 0. The minimum absolute atomic E-state index is 0.0505. The van der Waals surface area contributed by atoms with E-state index >= 15 is 0 Å². The molecule has 0 radical (unpaired) electrons. The molecule has 1 amide bonds. The highest BCUT2D eigenvalue weighted by Gasteiger charge is 2.33. The number of amides is 1. The van der Waals surface area contributed by atoms with Crippen molar-refractivity contribution in [1.29, 1.82) is 0 Å². The van der Waals surface area contributed by atoms with Crippen molar-refractivity contribution in [2.45, 2.75) is 32.4 Å². The Hall–Kier alpha value is -2.67. The second-order valence-corrected chi connectivity index (χ2v) is 6.41. The Bertz CT molecular complexity index is 825. The maximum Gasteiger partial charge on any atom is 0.335 e. The van der Waals surface area contributed by atoms with Gasteiger partial charge in [0.15, 0.2) is 0 Å². The van der Waals surface area contributed by atoms with Gasteiger partial charge in [-0.15, -0.1) is 0 Å². The van der Waals surface area contributed by atoms with E-state index in [-0.39, 0.29) is 23.6 Å². The van der Waals surface area contributed by atoms with Gasteiger partial charge in [0.25, 0.3) is 0 Å². The molecule has 0 saturated carbocycles. The number of aromatic nitrogens is 2. The molecule has 1 aliphatic heterocycles. The molecule has 1 aromatic heterocycles. The van der Waals surface area contributed by atoms with Crippen LogP contribution < -0.4 is 10.2 Å². The highest BCUT2D eigenvalue weighted by Crippen LogP contribution is 2.39. The predicted molar refractivity (Wildman–Crippen MR) is 94.0 cm³/mol. The van der Waals surface area contributed by atoms with Crippen LogP contribution in [-0.2, 0) is 4.79 Å². The summed E-state index contributed by atoms with van der Waals surface area (Å²) in [4.78, 5) is 33.3. The van der Waals surface area contributed by atoms with E-state index in [1.54, 1.807) is 17.0 Å².